The smallest absolute Gasteiger partial charge is 0.177 e. The lowest BCUT2D eigenvalue weighted by Gasteiger charge is -2.24. The Morgan fingerprint density at radius 2 is 1.90 bits per heavy atom. The first-order chi connectivity index (χ1) is 9.34. The van der Waals surface area contributed by atoms with E-state index in [0.717, 1.165) is 18.8 Å². The molecule has 20 heavy (non-hydrogen) atoms. The topological polar surface area (TPSA) is 40.6 Å². The molecule has 6 heteroatoms. The van der Waals surface area contributed by atoms with Crippen LogP contribution in [0.1, 0.15) is 0 Å². The molecule has 0 unspecified atom stereocenters. The molecule has 112 valence electrons. The van der Waals surface area contributed by atoms with E-state index < -0.39 is 9.84 Å². The minimum Gasteiger partial charge on any atom is -0.368 e. The van der Waals surface area contributed by atoms with E-state index >= 15 is 0 Å². The number of benzene rings is 1. The first kappa shape index (κ1) is 15.7. The van der Waals surface area contributed by atoms with Gasteiger partial charge in [0.25, 0.3) is 0 Å². The number of sulfone groups is 1. The zero-order valence-corrected chi connectivity index (χ0v) is 14.0. The van der Waals surface area contributed by atoms with Crippen molar-refractivity contribution in [1.82, 2.24) is 4.90 Å². The third-order valence-electron chi connectivity index (χ3n) is 3.81. The van der Waals surface area contributed by atoms with Gasteiger partial charge in [0, 0.05) is 30.6 Å². The van der Waals surface area contributed by atoms with E-state index in [-0.39, 0.29) is 0 Å². The van der Waals surface area contributed by atoms with Gasteiger partial charge in [-0.1, -0.05) is 12.1 Å². The second-order valence-electron chi connectivity index (χ2n) is 5.45. The Labute approximate surface area is 126 Å². The van der Waals surface area contributed by atoms with Crippen LogP contribution >= 0.6 is 11.8 Å². The molecule has 0 spiro atoms. The minimum atomic E-state index is -3.19. The molecular formula is C14H22N2O2S2. The van der Waals surface area contributed by atoms with Crippen LogP contribution < -0.4 is 4.90 Å². The van der Waals surface area contributed by atoms with Crippen LogP contribution in [-0.4, -0.2) is 64.3 Å². The molecule has 1 heterocycles. The van der Waals surface area contributed by atoms with Crippen molar-refractivity contribution in [1.29, 1.82) is 0 Å². The lowest BCUT2D eigenvalue weighted by Crippen LogP contribution is -2.36. The van der Waals surface area contributed by atoms with Gasteiger partial charge in [-0.3, -0.25) is 0 Å². The van der Waals surface area contributed by atoms with Gasteiger partial charge in [0.05, 0.1) is 10.6 Å². The van der Waals surface area contributed by atoms with Crippen molar-refractivity contribution in [3.63, 3.8) is 0 Å². The van der Waals surface area contributed by atoms with Gasteiger partial charge in [0.2, 0.25) is 0 Å². The number of anilines is 1. The molecule has 0 amide bonds. The zero-order valence-electron chi connectivity index (χ0n) is 12.4. The number of para-hydroxylation sites is 1. The predicted molar refractivity (Wildman–Crippen MR) is 86.5 cm³/mol. The Kier molecular flexibility index (Phi) is 4.66. The van der Waals surface area contributed by atoms with E-state index in [9.17, 15) is 8.42 Å². The van der Waals surface area contributed by atoms with Gasteiger partial charge in [-0.15, -0.1) is 0 Å². The summed E-state index contributed by atoms with van der Waals surface area (Å²) >= 11 is 1.85. The number of rotatable bonds is 4. The maximum Gasteiger partial charge on any atom is 0.177 e. The van der Waals surface area contributed by atoms with Gasteiger partial charge in [0.1, 0.15) is 0 Å². The summed E-state index contributed by atoms with van der Waals surface area (Å²) in [6.07, 6.45) is 3.39. The largest absolute Gasteiger partial charge is 0.368 e. The fraction of sp³-hybridized carbons (Fsp3) is 0.571. The summed E-state index contributed by atoms with van der Waals surface area (Å²) in [6, 6.07) is 7.73. The molecule has 1 aliphatic heterocycles. The van der Waals surface area contributed by atoms with Crippen molar-refractivity contribution in [3.05, 3.63) is 24.3 Å². The minimum absolute atomic E-state index is 0.430. The molecule has 0 bridgehead atoms. The average Bonchev–Trinajstić information content (AvgIpc) is 2.82. The van der Waals surface area contributed by atoms with E-state index in [0.29, 0.717) is 16.2 Å². The summed E-state index contributed by atoms with van der Waals surface area (Å²) in [5.41, 5.74) is 0.832. The predicted octanol–water partition coefficient (Wildman–Crippen LogP) is 1.57. The van der Waals surface area contributed by atoms with Crippen molar-refractivity contribution in [2.75, 3.05) is 44.6 Å². The normalized spacial score (nSPS) is 23.6. The number of nitrogens with zero attached hydrogens (tertiary/aromatic N) is 2. The SMILES string of the molecule is CS[C@@H]1CN(c2ccccc2S(C)(=O)=O)C[C@H]1N(C)C. The Morgan fingerprint density at radius 1 is 1.25 bits per heavy atom. The molecule has 1 aromatic carbocycles. The second kappa shape index (κ2) is 5.95. The first-order valence-corrected chi connectivity index (χ1v) is 9.75. The number of hydrogen-bond acceptors (Lipinski definition) is 5. The lowest BCUT2D eigenvalue weighted by molar-refractivity contribution is 0.320. The van der Waals surface area contributed by atoms with Crippen LogP contribution in [-0.2, 0) is 9.84 Å². The number of likely N-dealkylation sites (N-methyl/N-ethyl adjacent to an activating group) is 1. The molecule has 0 N–H and O–H groups in total. The summed E-state index contributed by atoms with van der Waals surface area (Å²) in [4.78, 5) is 4.85. The molecule has 2 atom stereocenters. The van der Waals surface area contributed by atoms with E-state index in [4.69, 9.17) is 0 Å². The summed E-state index contributed by atoms with van der Waals surface area (Å²) < 4.78 is 23.9. The molecule has 4 nitrogen and oxygen atoms in total. The van der Waals surface area contributed by atoms with Crippen molar-refractivity contribution >= 4 is 27.3 Å². The first-order valence-electron chi connectivity index (χ1n) is 6.58. The standard InChI is InChI=1S/C14H22N2O2S2/c1-15(2)12-9-16(10-13(12)19-3)11-7-5-6-8-14(11)20(4,17)18/h5-8,12-13H,9-10H2,1-4H3/t12-,13-/m1/s1. The van der Waals surface area contributed by atoms with E-state index in [2.05, 4.69) is 30.2 Å². The fourth-order valence-corrected chi connectivity index (χ4v) is 4.59. The van der Waals surface area contributed by atoms with Gasteiger partial charge in [-0.2, -0.15) is 11.8 Å². The van der Waals surface area contributed by atoms with Crippen LogP contribution in [0.4, 0.5) is 5.69 Å². The molecule has 0 radical (unpaired) electrons. The Bertz CT molecular complexity index is 572. The van der Waals surface area contributed by atoms with Crippen molar-refractivity contribution in [2.45, 2.75) is 16.2 Å². The van der Waals surface area contributed by atoms with Gasteiger partial charge >= 0.3 is 0 Å². The Balaban J connectivity index is 2.35. The van der Waals surface area contributed by atoms with Crippen LogP contribution in [0.15, 0.2) is 29.2 Å². The monoisotopic (exact) mass is 314 g/mol. The molecule has 0 aromatic heterocycles. The lowest BCUT2D eigenvalue weighted by atomic mass is 10.2. The maximum absolute atomic E-state index is 11.9. The number of hydrogen-bond donors (Lipinski definition) is 0. The molecule has 0 aliphatic carbocycles. The van der Waals surface area contributed by atoms with E-state index in [1.54, 1.807) is 12.1 Å². The highest BCUT2D eigenvalue weighted by molar-refractivity contribution is 7.99. The molecular weight excluding hydrogens is 292 g/mol. The van der Waals surface area contributed by atoms with Crippen molar-refractivity contribution in [3.8, 4) is 0 Å². The van der Waals surface area contributed by atoms with Crippen LogP contribution in [0.3, 0.4) is 0 Å². The molecule has 2 rings (SSSR count). The fourth-order valence-electron chi connectivity index (χ4n) is 2.71. The van der Waals surface area contributed by atoms with E-state index in [1.165, 1.54) is 6.26 Å². The summed E-state index contributed by atoms with van der Waals surface area (Å²) in [7, 11) is 0.971. The van der Waals surface area contributed by atoms with Crippen LogP contribution in [0.2, 0.25) is 0 Å². The second-order valence-corrected chi connectivity index (χ2v) is 8.51. The molecule has 1 aromatic rings. The van der Waals surface area contributed by atoms with Crippen LogP contribution in [0.5, 0.6) is 0 Å². The highest BCUT2D eigenvalue weighted by Gasteiger charge is 2.35. The van der Waals surface area contributed by atoms with Crippen molar-refractivity contribution in [2.24, 2.45) is 0 Å². The Morgan fingerprint density at radius 3 is 2.40 bits per heavy atom. The molecule has 1 saturated heterocycles. The van der Waals surface area contributed by atoms with Gasteiger partial charge in [0.15, 0.2) is 9.84 Å². The highest BCUT2D eigenvalue weighted by Crippen LogP contribution is 2.32. The third-order valence-corrected chi connectivity index (χ3v) is 6.02. The van der Waals surface area contributed by atoms with E-state index in [1.807, 2.05) is 23.9 Å². The van der Waals surface area contributed by atoms with Crippen molar-refractivity contribution < 1.29 is 8.42 Å². The molecule has 1 fully saturated rings. The quantitative estimate of drug-likeness (QED) is 0.844. The zero-order chi connectivity index (χ0) is 14.9. The van der Waals surface area contributed by atoms with Gasteiger partial charge in [-0.05, 0) is 32.5 Å². The van der Waals surface area contributed by atoms with Crippen LogP contribution in [0, 0.1) is 0 Å². The summed E-state index contributed by atoms with van der Waals surface area (Å²) in [5, 5.41) is 0.498. The summed E-state index contributed by atoms with van der Waals surface area (Å²) in [5.74, 6) is 0. The number of thioether (sulfide) groups is 1. The Hall–Kier alpha value is -0.720. The summed E-state index contributed by atoms with van der Waals surface area (Å²) in [6.45, 7) is 1.75. The molecule has 1 aliphatic rings. The third kappa shape index (κ3) is 3.13. The highest BCUT2D eigenvalue weighted by atomic mass is 32.2. The van der Waals surface area contributed by atoms with Gasteiger partial charge < -0.3 is 9.80 Å². The maximum atomic E-state index is 11.9. The average molecular weight is 314 g/mol. The van der Waals surface area contributed by atoms with Gasteiger partial charge in [-0.25, -0.2) is 8.42 Å². The molecule has 0 saturated carbocycles. The van der Waals surface area contributed by atoms with Crippen LogP contribution in [0.25, 0.3) is 0 Å².